The lowest BCUT2D eigenvalue weighted by Gasteiger charge is -2.16. The molecule has 4 rings (SSSR count). The van der Waals surface area contributed by atoms with Crippen molar-refractivity contribution in [2.45, 2.75) is 57.7 Å². The van der Waals surface area contributed by atoms with E-state index in [2.05, 4.69) is 19.6 Å². The van der Waals surface area contributed by atoms with Crippen molar-refractivity contribution < 1.29 is 31.5 Å². The van der Waals surface area contributed by atoms with Crippen LogP contribution in [0.3, 0.4) is 0 Å². The Morgan fingerprint density at radius 1 is 1.16 bits per heavy atom. The van der Waals surface area contributed by atoms with Gasteiger partial charge in [-0.2, -0.15) is 13.2 Å². The first kappa shape index (κ1) is 28.0. The first-order valence-electron chi connectivity index (χ1n) is 12.3. The number of carbonyl (C=O) groups excluding carboxylic acids is 1. The highest BCUT2D eigenvalue weighted by atomic mass is 28.3. The number of halogens is 5. The molecule has 1 amide bonds. The second kappa shape index (κ2) is 10.6. The van der Waals surface area contributed by atoms with Crippen molar-refractivity contribution in [3.63, 3.8) is 0 Å². The number of hydrogen-bond donors (Lipinski definition) is 0. The van der Waals surface area contributed by atoms with E-state index in [9.17, 15) is 31.5 Å². The van der Waals surface area contributed by atoms with Crippen LogP contribution in [-0.2, 0) is 29.0 Å². The van der Waals surface area contributed by atoms with E-state index in [0.717, 1.165) is 16.7 Å². The van der Waals surface area contributed by atoms with E-state index in [-0.39, 0.29) is 49.3 Å². The van der Waals surface area contributed by atoms with Crippen LogP contribution in [0.1, 0.15) is 12.0 Å². The lowest BCUT2D eigenvalue weighted by Crippen LogP contribution is -2.35. The maximum atomic E-state index is 14.0. The number of carbonyl (C=O) groups is 1. The third-order valence-electron chi connectivity index (χ3n) is 6.61. The molecule has 1 saturated heterocycles. The molecule has 206 valence electrons. The van der Waals surface area contributed by atoms with Crippen LogP contribution in [0.5, 0.6) is 0 Å². The molecule has 2 aromatic heterocycles. The van der Waals surface area contributed by atoms with E-state index >= 15 is 0 Å². The predicted octanol–water partition coefficient (Wildman–Crippen LogP) is 5.51. The number of fused-ring (bicyclic) bond motifs is 1. The second-order valence-electron chi connectivity index (χ2n) is 10.8. The highest BCUT2D eigenvalue weighted by molar-refractivity contribution is 6.76. The number of alkyl halides is 4. The summed E-state index contributed by atoms with van der Waals surface area (Å²) in [6, 6.07) is 5.07. The average molecular weight is 556 g/mol. The maximum absolute atomic E-state index is 14.0. The van der Waals surface area contributed by atoms with Gasteiger partial charge < -0.3 is 18.8 Å². The molecule has 1 unspecified atom stereocenters. The number of likely N-dealkylation sites (tertiary alicyclic amines) is 1. The number of amides is 1. The molecule has 0 N–H and O–H groups in total. The van der Waals surface area contributed by atoms with Gasteiger partial charge >= 0.3 is 6.18 Å². The number of pyridine rings is 1. The molecule has 0 saturated carbocycles. The van der Waals surface area contributed by atoms with Crippen molar-refractivity contribution in [3.05, 3.63) is 58.4 Å². The fourth-order valence-corrected chi connectivity index (χ4v) is 5.20. The van der Waals surface area contributed by atoms with Crippen LogP contribution in [0.25, 0.3) is 22.0 Å². The minimum absolute atomic E-state index is 0.00515. The van der Waals surface area contributed by atoms with Crippen LogP contribution >= 0.6 is 0 Å². The summed E-state index contributed by atoms with van der Waals surface area (Å²) in [7, 11) is -1.36. The van der Waals surface area contributed by atoms with Crippen LogP contribution in [0, 0.1) is 5.82 Å². The van der Waals surface area contributed by atoms with E-state index in [4.69, 9.17) is 4.74 Å². The Labute approximate surface area is 217 Å². The fraction of sp³-hybridized carbons (Fsp3) is 0.462. The van der Waals surface area contributed by atoms with E-state index in [1.54, 1.807) is 10.6 Å². The molecule has 1 aliphatic heterocycles. The van der Waals surface area contributed by atoms with Crippen molar-refractivity contribution in [3.8, 4) is 11.1 Å². The number of benzene rings is 1. The zero-order valence-electron chi connectivity index (χ0n) is 21.4. The fourth-order valence-electron chi connectivity index (χ4n) is 4.44. The zero-order valence-corrected chi connectivity index (χ0v) is 22.4. The normalized spacial score (nSPS) is 16.5. The molecule has 12 heteroatoms. The van der Waals surface area contributed by atoms with Crippen molar-refractivity contribution in [1.29, 1.82) is 0 Å². The van der Waals surface area contributed by atoms with Crippen LogP contribution in [0.2, 0.25) is 25.7 Å². The van der Waals surface area contributed by atoms with Crippen LogP contribution < -0.4 is 5.56 Å². The van der Waals surface area contributed by atoms with E-state index in [1.807, 2.05) is 0 Å². The first-order valence-corrected chi connectivity index (χ1v) is 16.0. The molecule has 6 nitrogen and oxygen atoms in total. The van der Waals surface area contributed by atoms with Gasteiger partial charge in [0.05, 0.1) is 23.0 Å². The lowest BCUT2D eigenvalue weighted by molar-refractivity contribution is -0.140. The maximum Gasteiger partial charge on any atom is 0.419 e. The molecule has 1 aromatic carbocycles. The first-order chi connectivity index (χ1) is 17.7. The third kappa shape index (κ3) is 6.17. The van der Waals surface area contributed by atoms with Crippen molar-refractivity contribution in [2.75, 3.05) is 19.7 Å². The monoisotopic (exact) mass is 555 g/mol. The predicted molar refractivity (Wildman–Crippen MR) is 137 cm³/mol. The summed E-state index contributed by atoms with van der Waals surface area (Å²) < 4.78 is 76.4. The van der Waals surface area contributed by atoms with Gasteiger partial charge in [-0.3, -0.25) is 9.59 Å². The lowest BCUT2D eigenvalue weighted by atomic mass is 10.0. The summed E-state index contributed by atoms with van der Waals surface area (Å²) in [4.78, 5) is 27.5. The Balaban J connectivity index is 1.76. The molecule has 3 heterocycles. The smallest absolute Gasteiger partial charge is 0.361 e. The number of hydrogen-bond acceptors (Lipinski definition) is 3. The summed E-state index contributed by atoms with van der Waals surface area (Å²) in [5.41, 5.74) is -1.46. The topological polar surface area (TPSA) is 56.5 Å². The number of ether oxygens (including phenoxy) is 1. The molecule has 0 bridgehead atoms. The second-order valence-corrected chi connectivity index (χ2v) is 16.4. The van der Waals surface area contributed by atoms with E-state index in [0.29, 0.717) is 18.2 Å². The van der Waals surface area contributed by atoms with Gasteiger partial charge in [-0.1, -0.05) is 25.7 Å². The van der Waals surface area contributed by atoms with Crippen molar-refractivity contribution >= 4 is 24.9 Å². The molecule has 3 aromatic rings. The summed E-state index contributed by atoms with van der Waals surface area (Å²) >= 11 is 0. The third-order valence-corrected chi connectivity index (χ3v) is 8.31. The summed E-state index contributed by atoms with van der Waals surface area (Å²) in [5, 5.41) is 0.0821. The Hall–Kier alpha value is -2.99. The van der Waals surface area contributed by atoms with Gasteiger partial charge in [0.1, 0.15) is 25.3 Å². The number of nitrogens with zero attached hydrogens (tertiary/aromatic N) is 3. The van der Waals surface area contributed by atoms with Gasteiger partial charge in [0, 0.05) is 39.2 Å². The summed E-state index contributed by atoms with van der Waals surface area (Å²) in [6.07, 6.45) is -2.86. The largest absolute Gasteiger partial charge is 0.419 e. The van der Waals surface area contributed by atoms with Gasteiger partial charge in [0.2, 0.25) is 5.91 Å². The average Bonchev–Trinajstić information content (AvgIpc) is 3.42. The number of rotatable bonds is 8. The van der Waals surface area contributed by atoms with Gasteiger partial charge in [0.25, 0.3) is 5.56 Å². The van der Waals surface area contributed by atoms with Crippen LogP contribution in [0.15, 0.2) is 41.5 Å². The van der Waals surface area contributed by atoms with Crippen molar-refractivity contribution in [1.82, 2.24) is 14.0 Å². The summed E-state index contributed by atoms with van der Waals surface area (Å²) in [5.74, 6) is -1.84. The Morgan fingerprint density at radius 3 is 2.53 bits per heavy atom. The van der Waals surface area contributed by atoms with E-state index in [1.165, 1.54) is 23.4 Å². The van der Waals surface area contributed by atoms with Gasteiger partial charge in [-0.25, -0.2) is 8.78 Å². The van der Waals surface area contributed by atoms with Gasteiger partial charge in [-0.05, 0) is 36.2 Å². The molecule has 1 aliphatic rings. The molecule has 1 fully saturated rings. The molecule has 1 atom stereocenters. The molecule has 0 spiro atoms. The minimum atomic E-state index is -4.92. The van der Waals surface area contributed by atoms with Crippen LogP contribution in [0.4, 0.5) is 22.0 Å². The zero-order chi connectivity index (χ0) is 27.8. The Bertz CT molecular complexity index is 1390. The number of aromatic nitrogens is 2. The molecule has 0 aliphatic carbocycles. The SMILES string of the molecule is C[Si](C)(C)CCOCn1cc(-c2ccc(F)c(C(F)(F)F)c2)c2c(=O)n(CC(=O)N3CCC(F)C3)ccc21. The molecule has 0 radical (unpaired) electrons. The Morgan fingerprint density at radius 2 is 1.89 bits per heavy atom. The highest BCUT2D eigenvalue weighted by Crippen LogP contribution is 2.36. The minimum Gasteiger partial charge on any atom is -0.361 e. The highest BCUT2D eigenvalue weighted by Gasteiger charge is 2.34. The van der Waals surface area contributed by atoms with Gasteiger partial charge in [0.15, 0.2) is 0 Å². The summed E-state index contributed by atoms with van der Waals surface area (Å²) in [6.45, 7) is 7.02. The van der Waals surface area contributed by atoms with Gasteiger partial charge in [-0.15, -0.1) is 0 Å². The Kier molecular flexibility index (Phi) is 7.85. The standard InChI is InChI=1S/C26H30F5N3O3Si/c1-38(2,3)11-10-37-16-34-14-19(17-4-5-21(28)20(12-17)26(29,30)31)24-22(34)7-9-33(25(24)36)15-23(35)32-8-6-18(27)13-32/h4-5,7,9,12,14,18H,6,8,10-11,13,15-16H2,1-3H3. The molecular formula is C26H30F5N3O3Si. The molecular weight excluding hydrogens is 525 g/mol. The van der Waals surface area contributed by atoms with Crippen LogP contribution in [-0.4, -0.2) is 53.9 Å². The van der Waals surface area contributed by atoms with E-state index < -0.39 is 43.3 Å². The molecule has 38 heavy (non-hydrogen) atoms. The quantitative estimate of drug-likeness (QED) is 0.209. The van der Waals surface area contributed by atoms with Crippen molar-refractivity contribution in [2.24, 2.45) is 0 Å².